The van der Waals surface area contributed by atoms with Gasteiger partial charge in [0.05, 0.1) is 31.9 Å². The zero-order valence-corrected chi connectivity index (χ0v) is 19.0. The molecule has 0 saturated carbocycles. The van der Waals surface area contributed by atoms with E-state index in [0.29, 0.717) is 30.4 Å². The highest BCUT2D eigenvalue weighted by molar-refractivity contribution is 5.92. The van der Waals surface area contributed by atoms with Crippen LogP contribution in [0.2, 0.25) is 0 Å². The number of alkyl halides is 3. The van der Waals surface area contributed by atoms with E-state index in [9.17, 15) is 18.0 Å². The van der Waals surface area contributed by atoms with Crippen LogP contribution in [0.3, 0.4) is 0 Å². The molecule has 2 aromatic carbocycles. The van der Waals surface area contributed by atoms with E-state index in [1.807, 2.05) is 13.8 Å². The first-order valence-corrected chi connectivity index (χ1v) is 10.6. The van der Waals surface area contributed by atoms with E-state index in [-0.39, 0.29) is 36.3 Å². The number of benzene rings is 2. The van der Waals surface area contributed by atoms with Crippen molar-refractivity contribution in [2.24, 2.45) is 0 Å². The van der Waals surface area contributed by atoms with Crippen LogP contribution in [-0.4, -0.2) is 47.8 Å². The number of hydrogen-bond donors (Lipinski definition) is 1. The molecule has 3 aromatic rings. The number of halogens is 3. The molecule has 1 heterocycles. The van der Waals surface area contributed by atoms with Gasteiger partial charge in [-0.05, 0) is 45.2 Å². The van der Waals surface area contributed by atoms with Gasteiger partial charge in [0.15, 0.2) is 11.5 Å². The van der Waals surface area contributed by atoms with E-state index in [0.717, 1.165) is 12.1 Å². The number of nitrogens with one attached hydrogen (secondary N) is 1. The summed E-state index contributed by atoms with van der Waals surface area (Å²) in [4.78, 5) is 18.2. The van der Waals surface area contributed by atoms with Crippen molar-refractivity contribution in [3.05, 3.63) is 53.9 Å². The highest BCUT2D eigenvalue weighted by atomic mass is 19.4. The third-order valence-corrected chi connectivity index (χ3v) is 4.56. The Balaban J connectivity index is 1.59. The Kier molecular flexibility index (Phi) is 8.11. The molecule has 34 heavy (non-hydrogen) atoms. The average Bonchev–Trinajstić information content (AvgIpc) is 3.23. The molecule has 11 heteroatoms. The fourth-order valence-corrected chi connectivity index (χ4v) is 3.13. The molecule has 182 valence electrons. The molecule has 0 bridgehead atoms. The third-order valence-electron chi connectivity index (χ3n) is 4.56. The molecule has 0 unspecified atom stereocenters. The van der Waals surface area contributed by atoms with E-state index in [1.165, 1.54) is 12.1 Å². The monoisotopic (exact) mass is 478 g/mol. The highest BCUT2D eigenvalue weighted by Gasteiger charge is 2.30. The van der Waals surface area contributed by atoms with Crippen molar-refractivity contribution < 1.29 is 32.0 Å². The zero-order chi connectivity index (χ0) is 24.7. The normalized spacial score (nSPS) is 11.5. The Morgan fingerprint density at radius 3 is 2.53 bits per heavy atom. The predicted octanol–water partition coefficient (Wildman–Crippen LogP) is 4.62. The Morgan fingerprint density at radius 2 is 1.82 bits per heavy atom. The number of nitrogens with zero attached hydrogens (tertiary/aromatic N) is 3. The molecule has 0 atom stereocenters. The molecule has 0 aliphatic heterocycles. The molecule has 0 fully saturated rings. The van der Waals surface area contributed by atoms with Crippen LogP contribution in [0.15, 0.2) is 47.0 Å². The molecule has 0 radical (unpaired) electrons. The van der Waals surface area contributed by atoms with Crippen molar-refractivity contribution in [1.82, 2.24) is 15.0 Å². The van der Waals surface area contributed by atoms with Gasteiger partial charge in [0.2, 0.25) is 17.6 Å². The van der Waals surface area contributed by atoms with Gasteiger partial charge < -0.3 is 19.3 Å². The van der Waals surface area contributed by atoms with Crippen LogP contribution in [0.5, 0.6) is 11.5 Å². The fourth-order valence-electron chi connectivity index (χ4n) is 3.13. The van der Waals surface area contributed by atoms with Gasteiger partial charge in [-0.15, -0.1) is 0 Å². The molecular formula is C23H25F3N4O4. The number of anilines is 1. The predicted molar refractivity (Wildman–Crippen MR) is 118 cm³/mol. The van der Waals surface area contributed by atoms with Crippen molar-refractivity contribution in [2.45, 2.75) is 26.6 Å². The van der Waals surface area contributed by atoms with Crippen LogP contribution < -0.4 is 14.8 Å². The molecule has 0 aliphatic carbocycles. The molecule has 0 spiro atoms. The number of aromatic nitrogens is 2. The van der Waals surface area contributed by atoms with Gasteiger partial charge in [-0.25, -0.2) is 0 Å². The lowest BCUT2D eigenvalue weighted by molar-refractivity contribution is -0.137. The quantitative estimate of drug-likeness (QED) is 0.455. The van der Waals surface area contributed by atoms with Crippen molar-refractivity contribution in [3.63, 3.8) is 0 Å². The minimum absolute atomic E-state index is 0.0124. The van der Waals surface area contributed by atoms with Crippen molar-refractivity contribution in [3.8, 4) is 22.9 Å². The number of rotatable bonds is 10. The third kappa shape index (κ3) is 6.70. The number of hydrogen-bond acceptors (Lipinski definition) is 7. The summed E-state index contributed by atoms with van der Waals surface area (Å²) in [6.07, 6.45) is -4.47. The molecule has 1 aromatic heterocycles. The van der Waals surface area contributed by atoms with Crippen LogP contribution in [0, 0.1) is 0 Å². The largest absolute Gasteiger partial charge is 0.490 e. The van der Waals surface area contributed by atoms with Crippen LogP contribution in [-0.2, 0) is 17.5 Å². The SMILES string of the molecule is CCOc1ccc(NC(=O)CN(C)Cc2nc(-c3cccc(C(F)(F)F)c3)no2)cc1OCC. The van der Waals surface area contributed by atoms with E-state index in [1.54, 1.807) is 30.1 Å². The fraction of sp³-hybridized carbons (Fsp3) is 0.348. The molecule has 1 N–H and O–H groups in total. The maximum absolute atomic E-state index is 12.9. The van der Waals surface area contributed by atoms with Gasteiger partial charge >= 0.3 is 6.18 Å². The van der Waals surface area contributed by atoms with Gasteiger partial charge in [0, 0.05) is 17.3 Å². The molecule has 3 rings (SSSR count). The van der Waals surface area contributed by atoms with Gasteiger partial charge in [0.25, 0.3) is 0 Å². The van der Waals surface area contributed by atoms with Gasteiger partial charge in [0.1, 0.15) is 0 Å². The van der Waals surface area contributed by atoms with Crippen molar-refractivity contribution in [2.75, 3.05) is 32.1 Å². The summed E-state index contributed by atoms with van der Waals surface area (Å²) in [5, 5.41) is 6.54. The van der Waals surface area contributed by atoms with Crippen LogP contribution >= 0.6 is 0 Å². The Bertz CT molecular complexity index is 1120. The van der Waals surface area contributed by atoms with E-state index in [4.69, 9.17) is 14.0 Å². The Morgan fingerprint density at radius 1 is 1.09 bits per heavy atom. The van der Waals surface area contributed by atoms with Gasteiger partial charge in [-0.1, -0.05) is 17.3 Å². The maximum Gasteiger partial charge on any atom is 0.416 e. The minimum atomic E-state index is -4.47. The number of likely N-dealkylation sites (N-methyl/N-ethyl adjacent to an activating group) is 1. The average molecular weight is 478 g/mol. The van der Waals surface area contributed by atoms with Crippen LogP contribution in [0.25, 0.3) is 11.4 Å². The number of amides is 1. The summed E-state index contributed by atoms with van der Waals surface area (Å²) in [6.45, 7) is 4.80. The summed E-state index contributed by atoms with van der Waals surface area (Å²) in [6, 6.07) is 9.80. The van der Waals surface area contributed by atoms with E-state index < -0.39 is 11.7 Å². The molecule has 1 amide bonds. The number of carbonyl (C=O) groups is 1. The summed E-state index contributed by atoms with van der Waals surface area (Å²) in [5.41, 5.74) is -0.0623. The lowest BCUT2D eigenvalue weighted by Crippen LogP contribution is -2.29. The maximum atomic E-state index is 12.9. The molecule has 0 aliphatic rings. The van der Waals surface area contributed by atoms with Gasteiger partial charge in [-0.2, -0.15) is 18.2 Å². The standard InChI is InChI=1S/C23H25F3N4O4/c1-4-32-18-10-9-17(12-19(18)33-5-2)27-20(31)13-30(3)14-21-28-22(29-34-21)15-7-6-8-16(11-15)23(24,25)26/h6-12H,4-5,13-14H2,1-3H3,(H,27,31). The second-order valence-corrected chi connectivity index (χ2v) is 7.34. The molecule has 8 nitrogen and oxygen atoms in total. The second kappa shape index (κ2) is 11.0. The first kappa shape index (κ1) is 25.0. The smallest absolute Gasteiger partial charge is 0.416 e. The highest BCUT2D eigenvalue weighted by Crippen LogP contribution is 2.32. The zero-order valence-electron chi connectivity index (χ0n) is 19.0. The Labute approximate surface area is 194 Å². The number of ether oxygens (including phenoxy) is 2. The summed E-state index contributed by atoms with van der Waals surface area (Å²) >= 11 is 0. The van der Waals surface area contributed by atoms with E-state index in [2.05, 4.69) is 15.5 Å². The summed E-state index contributed by atoms with van der Waals surface area (Å²) < 4.78 is 55.0. The second-order valence-electron chi connectivity index (χ2n) is 7.34. The summed E-state index contributed by atoms with van der Waals surface area (Å²) in [5.74, 6) is 1.04. The van der Waals surface area contributed by atoms with Crippen molar-refractivity contribution >= 4 is 11.6 Å². The van der Waals surface area contributed by atoms with E-state index >= 15 is 0 Å². The summed E-state index contributed by atoms with van der Waals surface area (Å²) in [7, 11) is 1.68. The van der Waals surface area contributed by atoms with Crippen LogP contribution in [0.4, 0.5) is 18.9 Å². The topological polar surface area (TPSA) is 89.7 Å². The first-order chi connectivity index (χ1) is 16.2. The molecular weight excluding hydrogens is 453 g/mol. The van der Waals surface area contributed by atoms with Gasteiger partial charge in [-0.3, -0.25) is 9.69 Å². The Hall–Kier alpha value is -3.60. The van der Waals surface area contributed by atoms with Crippen LogP contribution in [0.1, 0.15) is 25.3 Å². The first-order valence-electron chi connectivity index (χ1n) is 10.6. The molecule has 0 saturated heterocycles. The minimum Gasteiger partial charge on any atom is -0.490 e. The lowest BCUT2D eigenvalue weighted by atomic mass is 10.1. The lowest BCUT2D eigenvalue weighted by Gasteiger charge is -2.15. The van der Waals surface area contributed by atoms with Crippen molar-refractivity contribution in [1.29, 1.82) is 0 Å². The number of carbonyl (C=O) groups excluding carboxylic acids is 1.